The zero-order valence-electron chi connectivity index (χ0n) is 28.0. The van der Waals surface area contributed by atoms with Gasteiger partial charge in [0.05, 0.1) is 13.2 Å². The van der Waals surface area contributed by atoms with E-state index in [0.717, 1.165) is 43.7 Å². The summed E-state index contributed by atoms with van der Waals surface area (Å²) in [5.74, 6) is -2.38. The number of pyridine rings is 2. The second-order valence-electron chi connectivity index (χ2n) is 13.9. The van der Waals surface area contributed by atoms with E-state index in [0.29, 0.717) is 22.8 Å². The molecule has 0 unspecified atom stereocenters. The zero-order valence-corrected chi connectivity index (χ0v) is 28.0. The number of nitrogens with zero attached hydrogens (tertiary/aromatic N) is 4. The van der Waals surface area contributed by atoms with Crippen LogP contribution in [0.1, 0.15) is 70.0 Å². The third-order valence-electron chi connectivity index (χ3n) is 9.58. The molecule has 252 valence electrons. The summed E-state index contributed by atoms with van der Waals surface area (Å²) in [6.45, 7) is 6.19. The summed E-state index contributed by atoms with van der Waals surface area (Å²) in [7, 11) is 5.25. The number of carboxylic acids is 1. The van der Waals surface area contributed by atoms with Gasteiger partial charge in [-0.3, -0.25) is 4.79 Å². The normalized spacial score (nSPS) is 21.9. The summed E-state index contributed by atoms with van der Waals surface area (Å²) >= 11 is 0. The van der Waals surface area contributed by atoms with Gasteiger partial charge in [0.15, 0.2) is 0 Å². The van der Waals surface area contributed by atoms with Crippen LogP contribution in [-0.4, -0.2) is 65.1 Å². The first-order valence-corrected chi connectivity index (χ1v) is 16.2. The van der Waals surface area contributed by atoms with Crippen LogP contribution in [0.2, 0.25) is 0 Å². The maximum atomic E-state index is 14.8. The Morgan fingerprint density at radius 3 is 2.43 bits per heavy atom. The summed E-state index contributed by atoms with van der Waals surface area (Å²) in [4.78, 5) is 40.4. The highest BCUT2D eigenvalue weighted by molar-refractivity contribution is 5.87. The smallest absolute Gasteiger partial charge is 0.326 e. The van der Waals surface area contributed by atoms with Crippen LogP contribution in [-0.2, 0) is 16.1 Å². The van der Waals surface area contributed by atoms with E-state index in [4.69, 9.17) is 4.74 Å². The molecular formula is C36H45F2N5O4. The van der Waals surface area contributed by atoms with Gasteiger partial charge in [0.2, 0.25) is 11.8 Å². The Bertz CT molecular complexity index is 1600. The van der Waals surface area contributed by atoms with Gasteiger partial charge in [0, 0.05) is 79.2 Å². The second-order valence-corrected chi connectivity index (χ2v) is 13.9. The highest BCUT2D eigenvalue weighted by atomic mass is 19.1. The van der Waals surface area contributed by atoms with Crippen molar-refractivity contribution in [2.45, 2.75) is 77.5 Å². The molecule has 9 nitrogen and oxygen atoms in total. The minimum absolute atomic E-state index is 0.137. The van der Waals surface area contributed by atoms with Crippen molar-refractivity contribution in [3.8, 4) is 17.0 Å². The Labute approximate surface area is 275 Å². The highest BCUT2D eigenvalue weighted by Gasteiger charge is 2.59. The highest BCUT2D eigenvalue weighted by Crippen LogP contribution is 2.50. The summed E-state index contributed by atoms with van der Waals surface area (Å²) < 4.78 is 34.0. The van der Waals surface area contributed by atoms with E-state index in [1.54, 1.807) is 17.2 Å². The molecule has 5 rings (SSSR count). The van der Waals surface area contributed by atoms with Gasteiger partial charge in [-0.05, 0) is 42.5 Å². The lowest BCUT2D eigenvalue weighted by Gasteiger charge is -2.36. The van der Waals surface area contributed by atoms with Crippen molar-refractivity contribution in [3.63, 3.8) is 0 Å². The van der Waals surface area contributed by atoms with Gasteiger partial charge in [-0.25, -0.2) is 23.5 Å². The van der Waals surface area contributed by atoms with Gasteiger partial charge in [-0.1, -0.05) is 46.1 Å². The molecule has 4 atom stereocenters. The molecular weight excluding hydrogens is 604 g/mol. The van der Waals surface area contributed by atoms with Crippen molar-refractivity contribution in [2.75, 3.05) is 26.1 Å². The number of likely N-dealkylation sites (tertiary alicyclic amines) is 1. The van der Waals surface area contributed by atoms with E-state index in [1.807, 2.05) is 51.9 Å². The van der Waals surface area contributed by atoms with Gasteiger partial charge in [0.25, 0.3) is 0 Å². The minimum Gasteiger partial charge on any atom is -0.481 e. The Balaban J connectivity index is 1.63. The average Bonchev–Trinajstić information content (AvgIpc) is 3.39. The van der Waals surface area contributed by atoms with Crippen LogP contribution in [0.5, 0.6) is 5.88 Å². The number of benzene rings is 1. The van der Waals surface area contributed by atoms with E-state index in [-0.39, 0.29) is 23.9 Å². The number of aliphatic carboxylic acids is 1. The molecule has 47 heavy (non-hydrogen) atoms. The fourth-order valence-electron chi connectivity index (χ4n) is 7.53. The first kappa shape index (κ1) is 34.2. The molecule has 1 aromatic carbocycles. The lowest BCUT2D eigenvalue weighted by Crippen LogP contribution is -2.49. The third-order valence-corrected chi connectivity index (χ3v) is 9.58. The molecule has 2 fully saturated rings. The number of carboxylic acid groups (broad SMARTS) is 1. The Hall–Kier alpha value is -4.12. The summed E-state index contributed by atoms with van der Waals surface area (Å²) in [5.41, 5.74) is 1.44. The Kier molecular flexibility index (Phi) is 10.1. The molecule has 0 radical (unpaired) electrons. The molecule has 2 N–H and O–H groups in total. The summed E-state index contributed by atoms with van der Waals surface area (Å²) in [6.07, 6.45) is 7.56. The minimum atomic E-state index is -1.10. The number of aromatic nitrogens is 2. The molecule has 3 aromatic rings. The monoisotopic (exact) mass is 649 g/mol. The van der Waals surface area contributed by atoms with Crippen molar-refractivity contribution in [1.82, 2.24) is 20.2 Å². The van der Waals surface area contributed by atoms with Crippen LogP contribution in [0.4, 0.5) is 14.6 Å². The van der Waals surface area contributed by atoms with Crippen LogP contribution in [0, 0.1) is 28.9 Å². The van der Waals surface area contributed by atoms with Crippen LogP contribution in [0.3, 0.4) is 0 Å². The number of ether oxygens (including phenoxy) is 1. The number of hydrogen-bond acceptors (Lipinski definition) is 7. The van der Waals surface area contributed by atoms with Crippen molar-refractivity contribution in [1.29, 1.82) is 0 Å². The van der Waals surface area contributed by atoms with Gasteiger partial charge < -0.3 is 25.0 Å². The number of amides is 1. The molecule has 1 aliphatic heterocycles. The zero-order chi connectivity index (χ0) is 34.0. The van der Waals surface area contributed by atoms with E-state index < -0.39 is 47.1 Å². The Morgan fingerprint density at radius 2 is 1.81 bits per heavy atom. The number of carbonyl (C=O) groups excluding carboxylic acids is 1. The van der Waals surface area contributed by atoms with Crippen LogP contribution in [0.15, 0.2) is 48.8 Å². The van der Waals surface area contributed by atoms with Crippen LogP contribution >= 0.6 is 0 Å². The fourth-order valence-corrected chi connectivity index (χ4v) is 7.53. The van der Waals surface area contributed by atoms with Gasteiger partial charge in [0.1, 0.15) is 23.5 Å². The van der Waals surface area contributed by atoms with Crippen LogP contribution < -0.4 is 15.0 Å². The molecule has 11 heteroatoms. The van der Waals surface area contributed by atoms with Gasteiger partial charge >= 0.3 is 5.97 Å². The molecule has 1 amide bonds. The van der Waals surface area contributed by atoms with E-state index in [2.05, 4.69) is 15.3 Å². The van der Waals surface area contributed by atoms with E-state index in [1.165, 1.54) is 25.4 Å². The largest absolute Gasteiger partial charge is 0.481 e. The molecule has 2 aromatic heterocycles. The molecule has 0 spiro atoms. The van der Waals surface area contributed by atoms with Gasteiger partial charge in [-0.2, -0.15) is 0 Å². The second kappa shape index (κ2) is 13.9. The van der Waals surface area contributed by atoms with Crippen molar-refractivity contribution >= 4 is 17.7 Å². The van der Waals surface area contributed by atoms with Gasteiger partial charge in [-0.15, -0.1) is 0 Å². The van der Waals surface area contributed by atoms with Crippen molar-refractivity contribution in [2.24, 2.45) is 17.3 Å². The lowest BCUT2D eigenvalue weighted by atomic mass is 9.72. The first-order valence-electron chi connectivity index (χ1n) is 16.2. The maximum absolute atomic E-state index is 14.8. The molecule has 1 saturated carbocycles. The first-order chi connectivity index (χ1) is 22.3. The molecule has 1 saturated heterocycles. The maximum Gasteiger partial charge on any atom is 0.326 e. The van der Waals surface area contributed by atoms with E-state index in [9.17, 15) is 23.5 Å². The standard InChI is InChI=1S/C36H45F2N5O4/c1-36(2,3)28-29(40-20-23-17-22(19-41-33(23)47-6)25-15-14-24(37)18-27(25)38)30(26-13-10-16-39-32(26)42(4)5)43(31(28)35(45)46)34(44)21-11-8-7-9-12-21/h10,13-19,21,28-31,40H,7-9,11-12,20H2,1-6H3,(H,45,46)/t28-,29-,30-,31-/m0/s1. The number of carbonyl (C=O) groups is 2. The number of hydrogen-bond donors (Lipinski definition) is 2. The topological polar surface area (TPSA) is 108 Å². The Morgan fingerprint density at radius 1 is 1.09 bits per heavy atom. The lowest BCUT2D eigenvalue weighted by molar-refractivity contribution is -0.154. The SMILES string of the molecule is COc1ncc(-c2ccc(F)cc2F)cc1CN[C@H]1[C@H](C(C)(C)C)[C@@H](C(=O)O)N(C(=O)C2CCCCC2)[C@H]1c1cccnc1N(C)C. The quantitative estimate of drug-likeness (QED) is 0.281. The fraction of sp³-hybridized carbons (Fsp3) is 0.500. The number of methoxy groups -OCH3 is 1. The summed E-state index contributed by atoms with van der Waals surface area (Å²) in [5, 5.41) is 14.5. The third kappa shape index (κ3) is 6.95. The van der Waals surface area contributed by atoms with Crippen LogP contribution in [0.25, 0.3) is 11.1 Å². The summed E-state index contributed by atoms with van der Waals surface area (Å²) in [6, 6.07) is 6.59. The number of nitrogens with one attached hydrogen (secondary N) is 1. The predicted molar refractivity (Wildman–Crippen MR) is 176 cm³/mol. The molecule has 0 bridgehead atoms. The van der Waals surface area contributed by atoms with Crippen molar-refractivity contribution in [3.05, 3.63) is 71.6 Å². The molecule has 2 aliphatic rings. The van der Waals surface area contributed by atoms with Crippen molar-refractivity contribution < 1.29 is 28.2 Å². The predicted octanol–water partition coefficient (Wildman–Crippen LogP) is 6.23. The number of rotatable bonds is 9. The molecule has 1 aliphatic carbocycles. The number of anilines is 1. The van der Waals surface area contributed by atoms with E-state index >= 15 is 0 Å². The number of halogens is 2. The average molecular weight is 650 g/mol. The molecule has 3 heterocycles.